The highest BCUT2D eigenvalue weighted by atomic mass is 16.5. The standard InChI is InChI=1S/C11H13NO3/c1-2-15-10-5-3-4-8(11(10)14)9(13)6-7-12/h3-5,9,13-14H,2,6H2,1H3. The van der Waals surface area contributed by atoms with Crippen LogP contribution in [0.3, 0.4) is 0 Å². The van der Waals surface area contributed by atoms with Crippen LogP contribution in [0.4, 0.5) is 0 Å². The molecule has 0 radical (unpaired) electrons. The Hall–Kier alpha value is -1.73. The van der Waals surface area contributed by atoms with Gasteiger partial charge in [0, 0.05) is 5.56 Å². The smallest absolute Gasteiger partial charge is 0.163 e. The van der Waals surface area contributed by atoms with Crippen molar-refractivity contribution in [1.29, 1.82) is 5.26 Å². The van der Waals surface area contributed by atoms with Crippen molar-refractivity contribution in [3.8, 4) is 17.6 Å². The van der Waals surface area contributed by atoms with Gasteiger partial charge in [-0.1, -0.05) is 12.1 Å². The van der Waals surface area contributed by atoms with Gasteiger partial charge in [-0.15, -0.1) is 0 Å². The molecular formula is C11H13NO3. The van der Waals surface area contributed by atoms with Gasteiger partial charge in [0.1, 0.15) is 0 Å². The molecule has 0 spiro atoms. The summed E-state index contributed by atoms with van der Waals surface area (Å²) in [5, 5.41) is 27.7. The Balaban J connectivity index is 2.99. The van der Waals surface area contributed by atoms with E-state index >= 15 is 0 Å². The quantitative estimate of drug-likeness (QED) is 0.788. The number of hydrogen-bond acceptors (Lipinski definition) is 4. The Morgan fingerprint density at radius 1 is 1.53 bits per heavy atom. The van der Waals surface area contributed by atoms with Gasteiger partial charge in [-0.2, -0.15) is 5.26 Å². The van der Waals surface area contributed by atoms with Crippen molar-refractivity contribution in [2.75, 3.05) is 6.61 Å². The van der Waals surface area contributed by atoms with E-state index in [2.05, 4.69) is 0 Å². The third-order valence-corrected chi connectivity index (χ3v) is 1.97. The van der Waals surface area contributed by atoms with Crippen LogP contribution in [0.15, 0.2) is 18.2 Å². The lowest BCUT2D eigenvalue weighted by molar-refractivity contribution is 0.178. The van der Waals surface area contributed by atoms with Gasteiger partial charge < -0.3 is 14.9 Å². The first-order valence-corrected chi connectivity index (χ1v) is 4.70. The van der Waals surface area contributed by atoms with E-state index in [9.17, 15) is 10.2 Å². The number of phenols is 1. The summed E-state index contributed by atoms with van der Waals surface area (Å²) in [6.07, 6.45) is -1.03. The van der Waals surface area contributed by atoms with E-state index in [1.807, 2.05) is 6.07 Å². The van der Waals surface area contributed by atoms with E-state index in [1.165, 1.54) is 0 Å². The molecule has 1 unspecified atom stereocenters. The van der Waals surface area contributed by atoms with Crippen molar-refractivity contribution >= 4 is 0 Å². The number of aromatic hydroxyl groups is 1. The highest BCUT2D eigenvalue weighted by molar-refractivity contribution is 5.46. The van der Waals surface area contributed by atoms with Gasteiger partial charge in [0.25, 0.3) is 0 Å². The van der Waals surface area contributed by atoms with Gasteiger partial charge in [-0.05, 0) is 13.0 Å². The fourth-order valence-corrected chi connectivity index (χ4v) is 1.28. The summed E-state index contributed by atoms with van der Waals surface area (Å²) in [6, 6.07) is 6.69. The van der Waals surface area contributed by atoms with Gasteiger partial charge in [0.05, 0.1) is 25.2 Å². The van der Waals surface area contributed by atoms with E-state index in [1.54, 1.807) is 25.1 Å². The third kappa shape index (κ3) is 2.61. The molecule has 4 nitrogen and oxygen atoms in total. The number of phenolic OH excluding ortho intramolecular Hbond substituents is 1. The third-order valence-electron chi connectivity index (χ3n) is 1.97. The fourth-order valence-electron chi connectivity index (χ4n) is 1.28. The lowest BCUT2D eigenvalue weighted by atomic mass is 10.1. The Morgan fingerprint density at radius 2 is 2.27 bits per heavy atom. The zero-order valence-corrected chi connectivity index (χ0v) is 8.47. The molecule has 0 aliphatic carbocycles. The predicted octanol–water partition coefficient (Wildman–Crippen LogP) is 1.74. The maximum Gasteiger partial charge on any atom is 0.163 e. The van der Waals surface area contributed by atoms with Gasteiger partial charge in [0.2, 0.25) is 0 Å². The molecule has 0 amide bonds. The number of ether oxygens (including phenoxy) is 1. The van der Waals surface area contributed by atoms with E-state index in [0.29, 0.717) is 17.9 Å². The number of hydrogen-bond donors (Lipinski definition) is 2. The van der Waals surface area contributed by atoms with Gasteiger partial charge in [0.15, 0.2) is 11.5 Å². The fraction of sp³-hybridized carbons (Fsp3) is 0.364. The van der Waals surface area contributed by atoms with Crippen LogP contribution in [0.25, 0.3) is 0 Å². The Bertz CT molecular complexity index is 371. The summed E-state index contributed by atoms with van der Waals surface area (Å²) >= 11 is 0. The number of nitriles is 1. The molecule has 0 saturated carbocycles. The summed E-state index contributed by atoms with van der Waals surface area (Å²) in [6.45, 7) is 2.24. The normalized spacial score (nSPS) is 11.8. The SMILES string of the molecule is CCOc1cccc(C(O)CC#N)c1O. The summed E-state index contributed by atoms with van der Waals surface area (Å²) in [5.41, 5.74) is 0.322. The Labute approximate surface area is 88.4 Å². The van der Waals surface area contributed by atoms with Crippen molar-refractivity contribution in [2.45, 2.75) is 19.4 Å². The van der Waals surface area contributed by atoms with Crippen molar-refractivity contribution in [2.24, 2.45) is 0 Å². The Morgan fingerprint density at radius 3 is 2.87 bits per heavy atom. The van der Waals surface area contributed by atoms with Gasteiger partial charge in [-0.3, -0.25) is 0 Å². The van der Waals surface area contributed by atoms with Crippen LogP contribution in [-0.4, -0.2) is 16.8 Å². The summed E-state index contributed by atoms with van der Waals surface area (Å²) in [4.78, 5) is 0. The number of aliphatic hydroxyl groups excluding tert-OH is 1. The first kappa shape index (κ1) is 11.3. The highest BCUT2D eigenvalue weighted by Crippen LogP contribution is 2.34. The number of rotatable bonds is 4. The van der Waals surface area contributed by atoms with E-state index in [0.717, 1.165) is 0 Å². The molecule has 0 aromatic heterocycles. The molecule has 1 rings (SSSR count). The topological polar surface area (TPSA) is 73.5 Å². The Kier molecular flexibility index (Phi) is 3.95. The summed E-state index contributed by atoms with van der Waals surface area (Å²) in [7, 11) is 0. The van der Waals surface area contributed by atoms with Crippen LogP contribution in [-0.2, 0) is 0 Å². The number of benzene rings is 1. The molecule has 0 heterocycles. The largest absolute Gasteiger partial charge is 0.504 e. The van der Waals surface area contributed by atoms with E-state index in [-0.39, 0.29) is 12.2 Å². The molecule has 0 bridgehead atoms. The van der Waals surface area contributed by atoms with Gasteiger partial charge >= 0.3 is 0 Å². The highest BCUT2D eigenvalue weighted by Gasteiger charge is 2.15. The van der Waals surface area contributed by atoms with Gasteiger partial charge in [-0.25, -0.2) is 0 Å². The van der Waals surface area contributed by atoms with Crippen molar-refractivity contribution < 1.29 is 14.9 Å². The average molecular weight is 207 g/mol. The summed E-state index contributed by atoms with van der Waals surface area (Å²) in [5.74, 6) is 0.231. The molecular weight excluding hydrogens is 194 g/mol. The van der Waals surface area contributed by atoms with Crippen LogP contribution in [0.5, 0.6) is 11.5 Å². The molecule has 0 fully saturated rings. The van der Waals surface area contributed by atoms with Crippen molar-refractivity contribution in [3.63, 3.8) is 0 Å². The molecule has 1 aromatic carbocycles. The zero-order valence-electron chi connectivity index (χ0n) is 8.47. The summed E-state index contributed by atoms with van der Waals surface area (Å²) < 4.78 is 5.16. The van der Waals surface area contributed by atoms with Crippen LogP contribution in [0.2, 0.25) is 0 Å². The van der Waals surface area contributed by atoms with Crippen LogP contribution < -0.4 is 4.74 Å². The molecule has 0 saturated heterocycles. The molecule has 80 valence electrons. The second-order valence-corrected chi connectivity index (χ2v) is 3.01. The average Bonchev–Trinajstić information content (AvgIpc) is 2.22. The van der Waals surface area contributed by atoms with Crippen molar-refractivity contribution in [3.05, 3.63) is 23.8 Å². The molecule has 15 heavy (non-hydrogen) atoms. The van der Waals surface area contributed by atoms with E-state index in [4.69, 9.17) is 10.00 Å². The maximum absolute atomic E-state index is 9.72. The lowest BCUT2D eigenvalue weighted by Crippen LogP contribution is -1.99. The van der Waals surface area contributed by atoms with Crippen molar-refractivity contribution in [1.82, 2.24) is 0 Å². The minimum atomic E-state index is -0.976. The lowest BCUT2D eigenvalue weighted by Gasteiger charge is -2.12. The minimum Gasteiger partial charge on any atom is -0.504 e. The molecule has 1 atom stereocenters. The molecule has 0 aliphatic rings. The van der Waals surface area contributed by atoms with E-state index < -0.39 is 6.10 Å². The number of para-hydroxylation sites is 1. The molecule has 4 heteroatoms. The maximum atomic E-state index is 9.72. The van der Waals surface area contributed by atoms with Crippen LogP contribution in [0, 0.1) is 11.3 Å². The van der Waals surface area contributed by atoms with Crippen LogP contribution >= 0.6 is 0 Å². The monoisotopic (exact) mass is 207 g/mol. The first-order valence-electron chi connectivity index (χ1n) is 4.70. The zero-order chi connectivity index (χ0) is 11.3. The minimum absolute atomic E-state index is 0.0524. The van der Waals surface area contributed by atoms with Crippen LogP contribution in [0.1, 0.15) is 25.0 Å². The molecule has 2 N–H and O–H groups in total. The first-order chi connectivity index (χ1) is 7.20. The second kappa shape index (κ2) is 5.23. The predicted molar refractivity (Wildman–Crippen MR) is 54.5 cm³/mol. The molecule has 1 aromatic rings. The number of nitrogens with zero attached hydrogens (tertiary/aromatic N) is 1. The molecule has 0 aliphatic heterocycles. The number of aliphatic hydroxyl groups is 1. The second-order valence-electron chi connectivity index (χ2n) is 3.01.